The van der Waals surface area contributed by atoms with Crippen molar-refractivity contribution in [1.29, 1.82) is 0 Å². The smallest absolute Gasteiger partial charge is 0.0400 e. The van der Waals surface area contributed by atoms with Crippen molar-refractivity contribution in [3.05, 3.63) is 59.7 Å². The van der Waals surface area contributed by atoms with Crippen molar-refractivity contribution in [3.63, 3.8) is 0 Å². The number of hydrogen-bond donors (Lipinski definition) is 1. The van der Waals surface area contributed by atoms with Gasteiger partial charge in [0.2, 0.25) is 0 Å². The van der Waals surface area contributed by atoms with Gasteiger partial charge in [0.05, 0.1) is 0 Å². The van der Waals surface area contributed by atoms with E-state index in [0.29, 0.717) is 0 Å². The molecule has 2 heteroatoms. The van der Waals surface area contributed by atoms with Crippen molar-refractivity contribution >= 4 is 11.4 Å². The van der Waals surface area contributed by atoms with Crippen LogP contribution in [0.25, 0.3) is 0 Å². The van der Waals surface area contributed by atoms with Crippen molar-refractivity contribution < 1.29 is 0 Å². The summed E-state index contributed by atoms with van der Waals surface area (Å²) in [5.41, 5.74) is 5.28. The topological polar surface area (TPSA) is 15.3 Å². The minimum Gasteiger partial charge on any atom is -0.381 e. The summed E-state index contributed by atoms with van der Waals surface area (Å²) in [5.74, 6) is 0. The Balaban J connectivity index is 1.62. The van der Waals surface area contributed by atoms with Crippen molar-refractivity contribution in [2.24, 2.45) is 0 Å². The molecular weight excluding hydrogens is 256 g/mol. The summed E-state index contributed by atoms with van der Waals surface area (Å²) >= 11 is 0. The molecule has 0 radical (unpaired) electrons. The number of aryl methyl sites for hydroxylation is 1. The Morgan fingerprint density at radius 3 is 2.38 bits per heavy atom. The fourth-order valence-electron chi connectivity index (χ4n) is 2.88. The fourth-order valence-corrected chi connectivity index (χ4v) is 2.88. The molecule has 0 aromatic heterocycles. The third-order valence-electron chi connectivity index (χ3n) is 4.25. The van der Waals surface area contributed by atoms with Crippen LogP contribution in [0.4, 0.5) is 11.4 Å². The molecule has 0 amide bonds. The third kappa shape index (κ3) is 3.57. The molecule has 2 aromatic carbocycles. The maximum absolute atomic E-state index is 3.54. The van der Waals surface area contributed by atoms with Crippen molar-refractivity contribution in [3.8, 4) is 0 Å². The van der Waals surface area contributed by atoms with Crippen molar-refractivity contribution in [1.82, 2.24) is 0 Å². The standard InChI is InChI=1S/C19H24N2/c1-2-16-8-10-17(11-9-16)15-20-18-6-5-7-19(14-18)21-12-3-4-13-21/h5-11,14,20H,2-4,12-13,15H2,1H3. The number of nitrogens with zero attached hydrogens (tertiary/aromatic N) is 1. The first kappa shape index (κ1) is 14.0. The first-order valence-electron chi connectivity index (χ1n) is 8.02. The summed E-state index contributed by atoms with van der Waals surface area (Å²) in [4.78, 5) is 2.47. The SMILES string of the molecule is CCc1ccc(CNc2cccc(N3CCCC3)c2)cc1. The third-order valence-corrected chi connectivity index (χ3v) is 4.25. The lowest BCUT2D eigenvalue weighted by Crippen LogP contribution is -2.17. The van der Waals surface area contributed by atoms with E-state index in [4.69, 9.17) is 0 Å². The Labute approximate surface area is 127 Å². The van der Waals surface area contributed by atoms with Gasteiger partial charge in [0, 0.05) is 31.0 Å². The monoisotopic (exact) mass is 280 g/mol. The average Bonchev–Trinajstić information content (AvgIpc) is 3.08. The van der Waals surface area contributed by atoms with E-state index < -0.39 is 0 Å². The Morgan fingerprint density at radius 2 is 1.67 bits per heavy atom. The molecule has 0 aliphatic carbocycles. The van der Waals surface area contributed by atoms with E-state index in [-0.39, 0.29) is 0 Å². The minimum absolute atomic E-state index is 0.882. The van der Waals surface area contributed by atoms with Crippen LogP contribution in [0.3, 0.4) is 0 Å². The second kappa shape index (κ2) is 6.66. The van der Waals surface area contributed by atoms with Gasteiger partial charge in [0.1, 0.15) is 0 Å². The van der Waals surface area contributed by atoms with Gasteiger partial charge in [-0.1, -0.05) is 37.3 Å². The molecule has 2 nitrogen and oxygen atoms in total. The molecule has 2 aromatic rings. The molecule has 110 valence electrons. The molecule has 0 saturated carbocycles. The van der Waals surface area contributed by atoms with Crippen LogP contribution in [0.15, 0.2) is 48.5 Å². The van der Waals surface area contributed by atoms with Crippen LogP contribution in [0, 0.1) is 0 Å². The number of benzene rings is 2. The van der Waals surface area contributed by atoms with Gasteiger partial charge >= 0.3 is 0 Å². The average molecular weight is 280 g/mol. The van der Waals surface area contributed by atoms with E-state index in [0.717, 1.165) is 13.0 Å². The van der Waals surface area contributed by atoms with Gasteiger partial charge in [-0.25, -0.2) is 0 Å². The maximum Gasteiger partial charge on any atom is 0.0400 e. The minimum atomic E-state index is 0.882. The normalized spacial score (nSPS) is 14.4. The number of rotatable bonds is 5. The summed E-state index contributed by atoms with van der Waals surface area (Å²) in [5, 5.41) is 3.54. The lowest BCUT2D eigenvalue weighted by Gasteiger charge is -2.18. The zero-order chi connectivity index (χ0) is 14.5. The van der Waals surface area contributed by atoms with Gasteiger partial charge in [-0.3, -0.25) is 0 Å². The van der Waals surface area contributed by atoms with E-state index in [1.54, 1.807) is 0 Å². The van der Waals surface area contributed by atoms with Crippen LogP contribution in [0.2, 0.25) is 0 Å². The molecule has 1 aliphatic rings. The Kier molecular flexibility index (Phi) is 4.44. The molecule has 3 rings (SSSR count). The molecule has 0 unspecified atom stereocenters. The van der Waals surface area contributed by atoms with Crippen LogP contribution in [-0.4, -0.2) is 13.1 Å². The molecule has 0 bridgehead atoms. The van der Waals surface area contributed by atoms with Crippen LogP contribution < -0.4 is 10.2 Å². The fraction of sp³-hybridized carbons (Fsp3) is 0.368. The zero-order valence-corrected chi connectivity index (χ0v) is 12.8. The molecule has 1 saturated heterocycles. The Hall–Kier alpha value is -1.96. The number of hydrogen-bond acceptors (Lipinski definition) is 2. The molecule has 1 heterocycles. The van der Waals surface area contributed by atoms with E-state index in [1.807, 2.05) is 0 Å². The Bertz CT molecular complexity index is 568. The highest BCUT2D eigenvalue weighted by atomic mass is 15.1. The van der Waals surface area contributed by atoms with Crippen LogP contribution >= 0.6 is 0 Å². The van der Waals surface area contributed by atoms with Crippen molar-refractivity contribution in [2.45, 2.75) is 32.7 Å². The van der Waals surface area contributed by atoms with E-state index in [2.05, 4.69) is 65.7 Å². The lowest BCUT2D eigenvalue weighted by molar-refractivity contribution is 0.949. The molecule has 1 fully saturated rings. The first-order valence-corrected chi connectivity index (χ1v) is 8.02. The quantitative estimate of drug-likeness (QED) is 0.869. The maximum atomic E-state index is 3.54. The lowest BCUT2D eigenvalue weighted by atomic mass is 10.1. The van der Waals surface area contributed by atoms with E-state index in [9.17, 15) is 0 Å². The molecular formula is C19H24N2. The first-order chi connectivity index (χ1) is 10.3. The molecule has 1 aliphatic heterocycles. The van der Waals surface area contributed by atoms with Gasteiger partial charge in [-0.05, 0) is 48.6 Å². The second-order valence-corrected chi connectivity index (χ2v) is 5.77. The van der Waals surface area contributed by atoms with Crippen LogP contribution in [0.5, 0.6) is 0 Å². The molecule has 21 heavy (non-hydrogen) atoms. The highest BCUT2D eigenvalue weighted by Gasteiger charge is 2.12. The number of anilines is 2. The van der Waals surface area contributed by atoms with Crippen LogP contribution in [0.1, 0.15) is 30.9 Å². The zero-order valence-electron chi connectivity index (χ0n) is 12.8. The van der Waals surface area contributed by atoms with E-state index >= 15 is 0 Å². The van der Waals surface area contributed by atoms with Gasteiger partial charge in [0.15, 0.2) is 0 Å². The molecule has 0 spiro atoms. The molecule has 1 N–H and O–H groups in total. The highest BCUT2D eigenvalue weighted by molar-refractivity contribution is 5.58. The summed E-state index contributed by atoms with van der Waals surface area (Å²) in [6.45, 7) is 5.47. The van der Waals surface area contributed by atoms with E-state index in [1.165, 1.54) is 48.4 Å². The van der Waals surface area contributed by atoms with Crippen molar-refractivity contribution in [2.75, 3.05) is 23.3 Å². The number of nitrogens with one attached hydrogen (secondary N) is 1. The van der Waals surface area contributed by atoms with Gasteiger partial charge in [-0.2, -0.15) is 0 Å². The van der Waals surface area contributed by atoms with Crippen LogP contribution in [-0.2, 0) is 13.0 Å². The summed E-state index contributed by atoms with van der Waals surface area (Å²) < 4.78 is 0. The predicted molar refractivity (Wildman–Crippen MR) is 91.0 cm³/mol. The summed E-state index contributed by atoms with van der Waals surface area (Å²) in [7, 11) is 0. The second-order valence-electron chi connectivity index (χ2n) is 5.77. The van der Waals surface area contributed by atoms with Gasteiger partial charge < -0.3 is 10.2 Å². The largest absolute Gasteiger partial charge is 0.381 e. The summed E-state index contributed by atoms with van der Waals surface area (Å²) in [6.07, 6.45) is 3.74. The predicted octanol–water partition coefficient (Wildman–Crippen LogP) is 4.46. The highest BCUT2D eigenvalue weighted by Crippen LogP contribution is 2.23. The molecule has 0 atom stereocenters. The van der Waals surface area contributed by atoms with Gasteiger partial charge in [0.25, 0.3) is 0 Å². The van der Waals surface area contributed by atoms with Gasteiger partial charge in [-0.15, -0.1) is 0 Å². The Morgan fingerprint density at radius 1 is 0.952 bits per heavy atom. The summed E-state index contributed by atoms with van der Waals surface area (Å²) in [6, 6.07) is 17.7.